The Kier molecular flexibility index (Phi) is 4.01. The number of fused-ring (bicyclic) bond motifs is 2. The number of aromatic nitrogens is 4. The summed E-state index contributed by atoms with van der Waals surface area (Å²) in [6.45, 7) is 3.49. The fourth-order valence-corrected chi connectivity index (χ4v) is 3.50. The van der Waals surface area contributed by atoms with Crippen molar-refractivity contribution in [3.8, 4) is 0 Å². The summed E-state index contributed by atoms with van der Waals surface area (Å²) in [6, 6.07) is 7.89. The fourth-order valence-electron chi connectivity index (χ4n) is 3.50. The summed E-state index contributed by atoms with van der Waals surface area (Å²) in [4.78, 5) is 17.7. The van der Waals surface area contributed by atoms with Gasteiger partial charge < -0.3 is 19.2 Å². The highest BCUT2D eigenvalue weighted by Gasteiger charge is 2.32. The van der Waals surface area contributed by atoms with Gasteiger partial charge in [0.1, 0.15) is 11.9 Å². The smallest absolute Gasteiger partial charge is 0.245 e. The highest BCUT2D eigenvalue weighted by atomic mass is 16.5. The quantitative estimate of drug-likeness (QED) is 0.770. The average Bonchev–Trinajstić information content (AvgIpc) is 3.22. The maximum absolute atomic E-state index is 12.6. The number of hydrogen-bond donors (Lipinski definition) is 1. The third kappa shape index (κ3) is 2.70. The zero-order valence-electron chi connectivity index (χ0n) is 14.4. The lowest BCUT2D eigenvalue weighted by Crippen LogP contribution is -2.43. The van der Waals surface area contributed by atoms with Crippen molar-refractivity contribution in [3.63, 3.8) is 0 Å². The van der Waals surface area contributed by atoms with Crippen LogP contribution >= 0.6 is 0 Å². The van der Waals surface area contributed by atoms with Gasteiger partial charge in [0, 0.05) is 37.2 Å². The number of nitrogens with one attached hydrogen (secondary N) is 1. The molecular weight excluding hydrogens is 318 g/mol. The number of aromatic amines is 1. The molecule has 130 valence electrons. The number of methoxy groups -OCH3 is 1. The third-order valence-electron chi connectivity index (χ3n) is 4.81. The van der Waals surface area contributed by atoms with Gasteiger partial charge in [0.25, 0.3) is 0 Å². The molecule has 4 rings (SSSR count). The minimum atomic E-state index is -0.296. The molecule has 1 atom stereocenters. The van der Waals surface area contributed by atoms with Crippen LogP contribution in [0.4, 0.5) is 0 Å². The summed E-state index contributed by atoms with van der Waals surface area (Å²) in [5.41, 5.74) is 2.26. The second-order valence-corrected chi connectivity index (χ2v) is 6.37. The minimum Gasteiger partial charge on any atom is -0.383 e. The first-order valence-corrected chi connectivity index (χ1v) is 8.44. The molecule has 0 saturated heterocycles. The van der Waals surface area contributed by atoms with E-state index in [9.17, 15) is 4.79 Å². The van der Waals surface area contributed by atoms with Crippen molar-refractivity contribution in [1.82, 2.24) is 24.6 Å². The summed E-state index contributed by atoms with van der Waals surface area (Å²) in [7, 11) is 1.64. The zero-order valence-corrected chi connectivity index (χ0v) is 14.4. The SMILES string of the molecule is COCCN1Cc2nnc(Cc3c[nH]c4ccccc34)n2[C@@H](C)C1=O. The number of hydrogen-bond acceptors (Lipinski definition) is 4. The number of amides is 1. The van der Waals surface area contributed by atoms with Crippen LogP contribution in [0, 0.1) is 0 Å². The molecule has 25 heavy (non-hydrogen) atoms. The molecular formula is C18H21N5O2. The molecule has 1 amide bonds. The molecule has 0 saturated carbocycles. The Bertz CT molecular complexity index is 913. The molecule has 0 radical (unpaired) electrons. The molecule has 2 aromatic heterocycles. The van der Waals surface area contributed by atoms with Gasteiger partial charge in [0.05, 0.1) is 13.2 Å². The monoisotopic (exact) mass is 339 g/mol. The number of carbonyl (C=O) groups excluding carboxylic acids is 1. The molecule has 1 N–H and O–H groups in total. The van der Waals surface area contributed by atoms with Crippen LogP contribution in [0.2, 0.25) is 0 Å². The molecule has 0 aliphatic carbocycles. The van der Waals surface area contributed by atoms with Gasteiger partial charge in [-0.05, 0) is 18.6 Å². The number of rotatable bonds is 5. The van der Waals surface area contributed by atoms with E-state index >= 15 is 0 Å². The molecule has 3 heterocycles. The summed E-state index contributed by atoms with van der Waals surface area (Å²) in [5, 5.41) is 9.87. The van der Waals surface area contributed by atoms with Gasteiger partial charge in [-0.2, -0.15) is 0 Å². The minimum absolute atomic E-state index is 0.0875. The summed E-state index contributed by atoms with van der Waals surface area (Å²) in [5.74, 6) is 1.74. The van der Waals surface area contributed by atoms with Gasteiger partial charge in [-0.25, -0.2) is 0 Å². The van der Waals surface area contributed by atoms with Crippen molar-refractivity contribution < 1.29 is 9.53 Å². The van der Waals surface area contributed by atoms with Crippen molar-refractivity contribution in [2.75, 3.05) is 20.3 Å². The molecule has 0 fully saturated rings. The molecule has 7 heteroatoms. The zero-order chi connectivity index (χ0) is 17.4. The second-order valence-electron chi connectivity index (χ2n) is 6.37. The Hall–Kier alpha value is -2.67. The molecule has 0 unspecified atom stereocenters. The van der Waals surface area contributed by atoms with Gasteiger partial charge in [-0.1, -0.05) is 18.2 Å². The van der Waals surface area contributed by atoms with Crippen LogP contribution < -0.4 is 0 Å². The van der Waals surface area contributed by atoms with Crippen molar-refractivity contribution in [1.29, 1.82) is 0 Å². The maximum atomic E-state index is 12.6. The first kappa shape index (κ1) is 15.8. The Morgan fingerprint density at radius 1 is 1.32 bits per heavy atom. The van der Waals surface area contributed by atoms with E-state index in [1.165, 1.54) is 5.39 Å². The van der Waals surface area contributed by atoms with Crippen LogP contribution in [0.1, 0.15) is 30.2 Å². The molecule has 1 aliphatic rings. The second kappa shape index (κ2) is 6.33. The van der Waals surface area contributed by atoms with Crippen molar-refractivity contribution in [2.45, 2.75) is 25.9 Å². The van der Waals surface area contributed by atoms with Crippen molar-refractivity contribution in [2.24, 2.45) is 0 Å². The molecule has 0 bridgehead atoms. The average molecular weight is 339 g/mol. The lowest BCUT2D eigenvalue weighted by Gasteiger charge is -2.31. The van der Waals surface area contributed by atoms with Crippen molar-refractivity contribution >= 4 is 16.8 Å². The number of para-hydroxylation sites is 1. The maximum Gasteiger partial charge on any atom is 0.245 e. The standard InChI is InChI=1S/C18H21N5O2/c1-12-18(24)22(7-8-25-2)11-17-21-20-16(23(12)17)9-13-10-19-15-6-4-3-5-14(13)15/h3-6,10,12,19H,7-9,11H2,1-2H3/t12-/m0/s1. The van der Waals surface area contributed by atoms with Crippen LogP contribution in [-0.4, -0.2) is 50.8 Å². The largest absolute Gasteiger partial charge is 0.383 e. The van der Waals surface area contributed by atoms with E-state index in [1.54, 1.807) is 12.0 Å². The van der Waals surface area contributed by atoms with Gasteiger partial charge in [0.2, 0.25) is 5.91 Å². The number of carbonyl (C=O) groups is 1. The van der Waals surface area contributed by atoms with Gasteiger partial charge in [-0.15, -0.1) is 10.2 Å². The van der Waals surface area contributed by atoms with Crippen LogP contribution in [0.15, 0.2) is 30.5 Å². The topological polar surface area (TPSA) is 76.0 Å². The predicted octanol–water partition coefficient (Wildman–Crippen LogP) is 1.90. The van der Waals surface area contributed by atoms with Crippen LogP contribution in [-0.2, 0) is 22.5 Å². The molecule has 3 aromatic rings. The van der Waals surface area contributed by atoms with E-state index in [1.807, 2.05) is 29.8 Å². The van der Waals surface area contributed by atoms with Crippen LogP contribution in [0.25, 0.3) is 10.9 Å². The third-order valence-corrected chi connectivity index (χ3v) is 4.81. The van der Waals surface area contributed by atoms with E-state index in [4.69, 9.17) is 4.74 Å². The van der Waals surface area contributed by atoms with Crippen LogP contribution in [0.5, 0.6) is 0 Å². The summed E-state index contributed by atoms with van der Waals surface area (Å²) >= 11 is 0. The Labute approximate surface area is 145 Å². The summed E-state index contributed by atoms with van der Waals surface area (Å²) in [6.07, 6.45) is 2.65. The lowest BCUT2D eigenvalue weighted by molar-refractivity contribution is -0.137. The Morgan fingerprint density at radius 2 is 2.16 bits per heavy atom. The van der Waals surface area contributed by atoms with Gasteiger partial charge >= 0.3 is 0 Å². The fraction of sp³-hybridized carbons (Fsp3) is 0.389. The number of H-pyrrole nitrogens is 1. The van der Waals surface area contributed by atoms with E-state index in [0.29, 0.717) is 26.1 Å². The summed E-state index contributed by atoms with van der Waals surface area (Å²) < 4.78 is 7.07. The van der Waals surface area contributed by atoms with E-state index in [-0.39, 0.29) is 11.9 Å². The molecule has 0 spiro atoms. The van der Waals surface area contributed by atoms with Gasteiger partial charge in [0.15, 0.2) is 5.82 Å². The van der Waals surface area contributed by atoms with E-state index in [2.05, 4.69) is 27.3 Å². The molecule has 1 aliphatic heterocycles. The highest BCUT2D eigenvalue weighted by molar-refractivity contribution is 5.83. The number of benzene rings is 1. The first-order chi connectivity index (χ1) is 12.2. The first-order valence-electron chi connectivity index (χ1n) is 8.44. The van der Waals surface area contributed by atoms with Gasteiger partial charge in [-0.3, -0.25) is 4.79 Å². The van der Waals surface area contributed by atoms with Crippen LogP contribution in [0.3, 0.4) is 0 Å². The Balaban J connectivity index is 1.64. The number of nitrogens with zero attached hydrogens (tertiary/aromatic N) is 4. The lowest BCUT2D eigenvalue weighted by atomic mass is 10.1. The number of ether oxygens (including phenoxy) is 1. The Morgan fingerprint density at radius 3 is 3.00 bits per heavy atom. The van der Waals surface area contributed by atoms with E-state index < -0.39 is 0 Å². The van der Waals surface area contributed by atoms with Crippen molar-refractivity contribution in [3.05, 3.63) is 47.7 Å². The highest BCUT2D eigenvalue weighted by Crippen LogP contribution is 2.26. The van der Waals surface area contributed by atoms with E-state index in [0.717, 1.165) is 22.7 Å². The molecule has 1 aromatic carbocycles. The normalized spacial score (nSPS) is 17.3. The predicted molar refractivity (Wildman–Crippen MR) is 93.1 cm³/mol. The molecule has 7 nitrogen and oxygen atoms in total.